The van der Waals surface area contributed by atoms with Gasteiger partial charge in [0.2, 0.25) is 0 Å². The first-order valence-electron chi connectivity index (χ1n) is 6.92. The van der Waals surface area contributed by atoms with Crippen LogP contribution in [0.1, 0.15) is 44.3 Å². The van der Waals surface area contributed by atoms with Crippen LogP contribution < -0.4 is 0 Å². The molecule has 0 bridgehead atoms. The van der Waals surface area contributed by atoms with E-state index in [2.05, 4.69) is 50.5 Å². The lowest BCUT2D eigenvalue weighted by molar-refractivity contribution is 1.04. The zero-order valence-electron chi connectivity index (χ0n) is 12.9. The maximum Gasteiger partial charge on any atom is 0.0855 e. The highest BCUT2D eigenvalue weighted by molar-refractivity contribution is 9.10. The lowest BCUT2D eigenvalue weighted by Crippen LogP contribution is -2.06. The molecule has 3 heteroatoms. The minimum atomic E-state index is -0.243. The molecule has 0 aliphatic carbocycles. The Bertz CT molecular complexity index is 676. The largest absolute Gasteiger partial charge is 0.113 e. The summed E-state index contributed by atoms with van der Waals surface area (Å²) in [5.74, 6) is 0. The summed E-state index contributed by atoms with van der Waals surface area (Å²) in [4.78, 5) is 0. The van der Waals surface area contributed by atoms with Crippen molar-refractivity contribution in [3.63, 3.8) is 0 Å². The second kappa shape index (κ2) is 6.32. The van der Waals surface area contributed by atoms with Gasteiger partial charge in [0.05, 0.1) is 10.4 Å². The van der Waals surface area contributed by atoms with E-state index in [4.69, 9.17) is 23.2 Å². The SMILES string of the molecule is Cc1c(C)c(C)c(C(Cl)c2cccc(Br)c2Cl)c(C)c1C. The van der Waals surface area contributed by atoms with Crippen LogP contribution in [0.15, 0.2) is 22.7 Å². The molecule has 2 rings (SSSR count). The number of halogens is 3. The van der Waals surface area contributed by atoms with Gasteiger partial charge in [0.15, 0.2) is 0 Å². The summed E-state index contributed by atoms with van der Waals surface area (Å²) in [7, 11) is 0. The van der Waals surface area contributed by atoms with E-state index in [1.54, 1.807) is 0 Å². The molecule has 0 fully saturated rings. The Morgan fingerprint density at radius 1 is 0.857 bits per heavy atom. The van der Waals surface area contributed by atoms with Gasteiger partial charge >= 0.3 is 0 Å². The summed E-state index contributed by atoms with van der Waals surface area (Å²) in [5.41, 5.74) is 8.60. The van der Waals surface area contributed by atoms with Crippen molar-refractivity contribution < 1.29 is 0 Å². The van der Waals surface area contributed by atoms with Crippen molar-refractivity contribution in [2.45, 2.75) is 40.0 Å². The van der Waals surface area contributed by atoms with Crippen LogP contribution >= 0.6 is 39.1 Å². The topological polar surface area (TPSA) is 0 Å². The average Bonchev–Trinajstić information content (AvgIpc) is 2.46. The van der Waals surface area contributed by atoms with E-state index in [-0.39, 0.29) is 5.38 Å². The van der Waals surface area contributed by atoms with Gasteiger partial charge in [-0.1, -0.05) is 23.7 Å². The lowest BCUT2D eigenvalue weighted by atomic mass is 9.86. The second-order valence-electron chi connectivity index (χ2n) is 5.54. The molecule has 2 aromatic rings. The zero-order chi connectivity index (χ0) is 15.9. The third-order valence-electron chi connectivity index (χ3n) is 4.57. The van der Waals surface area contributed by atoms with Crippen molar-refractivity contribution in [3.05, 3.63) is 66.6 Å². The highest BCUT2D eigenvalue weighted by atomic mass is 79.9. The van der Waals surface area contributed by atoms with E-state index in [0.29, 0.717) is 5.02 Å². The van der Waals surface area contributed by atoms with E-state index in [0.717, 1.165) is 10.0 Å². The van der Waals surface area contributed by atoms with E-state index in [1.807, 2.05) is 18.2 Å². The predicted octanol–water partition coefficient (Wildman–Crippen LogP) is 6.97. The molecule has 0 amide bonds. The fourth-order valence-electron chi connectivity index (χ4n) is 2.78. The Hall–Kier alpha value is -0.500. The number of hydrogen-bond acceptors (Lipinski definition) is 0. The number of alkyl halides is 1. The summed E-state index contributed by atoms with van der Waals surface area (Å²) in [5, 5.41) is 0.445. The summed E-state index contributed by atoms with van der Waals surface area (Å²) < 4.78 is 0.878. The maximum absolute atomic E-state index is 6.81. The molecule has 0 aliphatic rings. The molecule has 0 spiro atoms. The van der Waals surface area contributed by atoms with Crippen molar-refractivity contribution in [2.75, 3.05) is 0 Å². The minimum absolute atomic E-state index is 0.243. The summed E-state index contributed by atoms with van der Waals surface area (Å²) >= 11 is 16.7. The summed E-state index contributed by atoms with van der Waals surface area (Å²) in [6.45, 7) is 10.8. The average molecular weight is 386 g/mol. The first-order valence-corrected chi connectivity index (χ1v) is 8.52. The highest BCUT2D eigenvalue weighted by Gasteiger charge is 2.22. The molecule has 0 N–H and O–H groups in total. The Morgan fingerprint density at radius 2 is 1.33 bits per heavy atom. The van der Waals surface area contributed by atoms with Crippen molar-refractivity contribution in [3.8, 4) is 0 Å². The summed E-state index contributed by atoms with van der Waals surface area (Å²) in [6.07, 6.45) is 0. The number of benzene rings is 2. The fraction of sp³-hybridized carbons (Fsp3) is 0.333. The third kappa shape index (κ3) is 2.88. The lowest BCUT2D eigenvalue weighted by Gasteiger charge is -2.23. The van der Waals surface area contributed by atoms with Crippen LogP contribution in [-0.4, -0.2) is 0 Å². The van der Waals surface area contributed by atoms with Crippen LogP contribution in [0.4, 0.5) is 0 Å². The second-order valence-corrected chi connectivity index (χ2v) is 7.21. The van der Waals surface area contributed by atoms with Gasteiger partial charge in [-0.3, -0.25) is 0 Å². The molecule has 21 heavy (non-hydrogen) atoms. The van der Waals surface area contributed by atoms with Crippen molar-refractivity contribution in [1.82, 2.24) is 0 Å². The molecule has 0 aliphatic heterocycles. The molecule has 2 aromatic carbocycles. The molecule has 0 aromatic heterocycles. The molecule has 0 heterocycles. The van der Waals surface area contributed by atoms with E-state index in [1.165, 1.54) is 33.4 Å². The molecule has 0 radical (unpaired) electrons. The van der Waals surface area contributed by atoms with Gasteiger partial charge in [-0.25, -0.2) is 0 Å². The van der Waals surface area contributed by atoms with Crippen LogP contribution in [0.25, 0.3) is 0 Å². The first kappa shape index (κ1) is 16.9. The highest BCUT2D eigenvalue weighted by Crippen LogP contribution is 2.41. The monoisotopic (exact) mass is 384 g/mol. The molecule has 0 nitrogen and oxygen atoms in total. The zero-order valence-corrected chi connectivity index (χ0v) is 16.0. The van der Waals surface area contributed by atoms with Gasteiger partial charge in [0.1, 0.15) is 0 Å². The Morgan fingerprint density at radius 3 is 1.86 bits per heavy atom. The normalized spacial score (nSPS) is 12.6. The predicted molar refractivity (Wildman–Crippen MR) is 97.0 cm³/mol. The van der Waals surface area contributed by atoms with E-state index in [9.17, 15) is 0 Å². The standard InChI is InChI=1S/C18H19BrCl2/c1-9-10(2)12(4)16(13(5)11(9)3)18(21)14-7-6-8-15(19)17(14)20/h6-8,18H,1-5H3. The van der Waals surface area contributed by atoms with E-state index < -0.39 is 0 Å². The molecule has 0 saturated carbocycles. The smallest absolute Gasteiger partial charge is 0.0855 e. The Kier molecular flexibility index (Phi) is 5.07. The Labute approximate surface area is 145 Å². The van der Waals surface area contributed by atoms with Crippen LogP contribution in [0.3, 0.4) is 0 Å². The molecule has 1 atom stereocenters. The Balaban J connectivity index is 2.70. The van der Waals surface area contributed by atoms with E-state index >= 15 is 0 Å². The molecular weight excluding hydrogens is 367 g/mol. The summed E-state index contributed by atoms with van der Waals surface area (Å²) in [6, 6.07) is 5.90. The van der Waals surface area contributed by atoms with Crippen molar-refractivity contribution in [2.24, 2.45) is 0 Å². The molecule has 1 unspecified atom stereocenters. The maximum atomic E-state index is 6.81. The molecular formula is C18H19BrCl2. The van der Waals surface area contributed by atoms with Crippen LogP contribution in [-0.2, 0) is 0 Å². The molecule has 0 saturated heterocycles. The quantitative estimate of drug-likeness (QED) is 0.489. The minimum Gasteiger partial charge on any atom is -0.113 e. The van der Waals surface area contributed by atoms with Gasteiger partial charge in [0.25, 0.3) is 0 Å². The van der Waals surface area contributed by atoms with Crippen LogP contribution in [0.2, 0.25) is 5.02 Å². The van der Waals surface area contributed by atoms with Gasteiger partial charge in [0, 0.05) is 4.47 Å². The van der Waals surface area contributed by atoms with Gasteiger partial charge in [-0.05, 0) is 95.6 Å². The van der Waals surface area contributed by atoms with Crippen LogP contribution in [0.5, 0.6) is 0 Å². The fourth-order valence-corrected chi connectivity index (χ4v) is 3.96. The van der Waals surface area contributed by atoms with Gasteiger partial charge in [-0.2, -0.15) is 0 Å². The van der Waals surface area contributed by atoms with Crippen molar-refractivity contribution in [1.29, 1.82) is 0 Å². The van der Waals surface area contributed by atoms with Gasteiger partial charge in [-0.15, -0.1) is 11.6 Å². The first-order chi connectivity index (χ1) is 9.77. The van der Waals surface area contributed by atoms with Crippen LogP contribution in [0, 0.1) is 34.6 Å². The number of rotatable bonds is 2. The number of hydrogen-bond donors (Lipinski definition) is 0. The molecule has 112 valence electrons. The van der Waals surface area contributed by atoms with Gasteiger partial charge < -0.3 is 0 Å². The third-order valence-corrected chi connectivity index (χ3v) is 6.33. The van der Waals surface area contributed by atoms with Crippen molar-refractivity contribution >= 4 is 39.1 Å².